The van der Waals surface area contributed by atoms with Gasteiger partial charge in [0.05, 0.1) is 4.91 Å². The highest BCUT2D eigenvalue weighted by Gasteiger charge is 2.25. The number of ether oxygens (including phenoxy) is 1. The molecule has 6 heteroatoms. The van der Waals surface area contributed by atoms with Crippen molar-refractivity contribution in [1.82, 2.24) is 0 Å². The number of rotatable bonds is 3. The fourth-order valence-electron chi connectivity index (χ4n) is 2.54. The number of halogens is 1. The molecule has 0 N–H and O–H groups in total. The number of thioether (sulfide) groups is 1. The van der Waals surface area contributed by atoms with E-state index in [4.69, 9.17) is 9.15 Å². The van der Waals surface area contributed by atoms with Crippen molar-refractivity contribution in [3.8, 4) is 5.75 Å². The second kappa shape index (κ2) is 6.97. The van der Waals surface area contributed by atoms with Gasteiger partial charge in [0.15, 0.2) is 4.67 Å². The Bertz CT molecular complexity index is 1050. The highest BCUT2D eigenvalue weighted by atomic mass is 79.9. The molecule has 0 bridgehead atoms. The first-order valence-electron chi connectivity index (χ1n) is 7.71. The second-order valence-electron chi connectivity index (χ2n) is 5.47. The molecule has 1 aromatic heterocycles. The van der Waals surface area contributed by atoms with Gasteiger partial charge in [-0.1, -0.05) is 42.1 Å². The Hall–Kier alpha value is -2.57. The van der Waals surface area contributed by atoms with E-state index in [0.717, 1.165) is 4.90 Å². The molecule has 0 radical (unpaired) electrons. The Morgan fingerprint density at radius 3 is 2.58 bits per heavy atom. The minimum Gasteiger partial charge on any atom is -0.442 e. The Kier molecular flexibility index (Phi) is 4.53. The summed E-state index contributed by atoms with van der Waals surface area (Å²) in [7, 11) is 0. The van der Waals surface area contributed by atoms with Crippen LogP contribution >= 0.6 is 27.7 Å². The van der Waals surface area contributed by atoms with E-state index >= 15 is 0 Å². The molecule has 4 nitrogen and oxygen atoms in total. The van der Waals surface area contributed by atoms with Gasteiger partial charge in [-0.25, -0.2) is 4.79 Å². The molecule has 0 amide bonds. The summed E-state index contributed by atoms with van der Waals surface area (Å²) >= 11 is 4.57. The van der Waals surface area contributed by atoms with Crippen molar-refractivity contribution in [3.05, 3.63) is 87.1 Å². The molecular formula is C20H11BrO4S. The minimum atomic E-state index is -0.602. The number of carbonyl (C=O) groups excluding carboxylic acids is 2. The van der Waals surface area contributed by atoms with Gasteiger partial charge < -0.3 is 9.15 Å². The fourth-order valence-corrected chi connectivity index (χ4v) is 3.89. The molecule has 1 aliphatic heterocycles. The fraction of sp³-hybridized carbons (Fsp3) is 0. The van der Waals surface area contributed by atoms with Gasteiger partial charge in [-0.05, 0) is 52.3 Å². The highest BCUT2D eigenvalue weighted by molar-refractivity contribution is 9.10. The lowest BCUT2D eigenvalue weighted by Crippen LogP contribution is -2.08. The van der Waals surface area contributed by atoms with Gasteiger partial charge in [-0.3, -0.25) is 4.79 Å². The number of hydrogen-bond acceptors (Lipinski definition) is 5. The molecule has 0 saturated heterocycles. The van der Waals surface area contributed by atoms with Crippen molar-refractivity contribution in [2.45, 2.75) is 4.90 Å². The topological polar surface area (TPSA) is 56.5 Å². The summed E-state index contributed by atoms with van der Waals surface area (Å²) in [4.78, 5) is 26.3. The smallest absolute Gasteiger partial charge is 0.379 e. The van der Waals surface area contributed by atoms with Crippen molar-refractivity contribution in [3.63, 3.8) is 0 Å². The third-order valence-corrected chi connectivity index (χ3v) is 5.28. The molecule has 3 aromatic rings. The van der Waals surface area contributed by atoms with Crippen LogP contribution < -0.4 is 4.74 Å². The normalized spacial score (nSPS) is 14.5. The van der Waals surface area contributed by atoms with Crippen LogP contribution in [0.2, 0.25) is 0 Å². The van der Waals surface area contributed by atoms with E-state index < -0.39 is 5.97 Å². The van der Waals surface area contributed by atoms with Crippen molar-refractivity contribution in [2.24, 2.45) is 0 Å². The van der Waals surface area contributed by atoms with Crippen molar-refractivity contribution >= 4 is 45.5 Å². The molecule has 0 spiro atoms. The summed E-state index contributed by atoms with van der Waals surface area (Å²) in [5.74, 6) is -0.170. The molecular weight excluding hydrogens is 416 g/mol. The van der Waals surface area contributed by atoms with E-state index in [2.05, 4.69) is 15.9 Å². The molecule has 1 aliphatic rings. The molecule has 2 heterocycles. The number of allylic oxidation sites excluding steroid dienone is 1. The number of Topliss-reactive ketones (excluding diaryl/α,β-unsaturated/α-hetero) is 1. The summed E-state index contributed by atoms with van der Waals surface area (Å²) in [6, 6.07) is 17.7. The van der Waals surface area contributed by atoms with Gasteiger partial charge in [-0.15, -0.1) is 0 Å². The molecule has 0 unspecified atom stereocenters. The standard InChI is InChI=1S/C20H11BrO4S/c21-18-10-9-15(24-18)20(23)25-14-7-3-1-5-12(14)11-17-19(22)13-6-2-4-8-16(13)26-17/h1-11H/b17-11-. The maximum absolute atomic E-state index is 12.5. The molecule has 0 fully saturated rings. The van der Waals surface area contributed by atoms with Crippen molar-refractivity contribution in [2.75, 3.05) is 0 Å². The summed E-state index contributed by atoms with van der Waals surface area (Å²) < 4.78 is 11.1. The summed E-state index contributed by atoms with van der Waals surface area (Å²) in [6.07, 6.45) is 1.74. The molecule has 128 valence electrons. The minimum absolute atomic E-state index is 0.0262. The van der Waals surface area contributed by atoms with E-state index in [-0.39, 0.29) is 11.5 Å². The zero-order valence-electron chi connectivity index (χ0n) is 13.3. The third-order valence-electron chi connectivity index (χ3n) is 3.76. The summed E-state index contributed by atoms with van der Waals surface area (Å²) in [5.41, 5.74) is 1.34. The van der Waals surface area contributed by atoms with Crippen LogP contribution in [0.5, 0.6) is 5.75 Å². The molecule has 0 atom stereocenters. The number of para-hydroxylation sites is 1. The van der Waals surface area contributed by atoms with Gasteiger partial charge in [-0.2, -0.15) is 0 Å². The van der Waals surface area contributed by atoms with Crippen LogP contribution in [0.1, 0.15) is 26.5 Å². The van der Waals surface area contributed by atoms with Gasteiger partial charge >= 0.3 is 5.97 Å². The monoisotopic (exact) mass is 426 g/mol. The van der Waals surface area contributed by atoms with Crippen molar-refractivity contribution < 1.29 is 18.7 Å². The Labute approximate surface area is 162 Å². The first kappa shape index (κ1) is 16.9. The number of furan rings is 1. The number of benzene rings is 2. The predicted molar refractivity (Wildman–Crippen MR) is 102 cm³/mol. The Balaban J connectivity index is 1.63. The average molecular weight is 427 g/mol. The largest absolute Gasteiger partial charge is 0.442 e. The quantitative estimate of drug-likeness (QED) is 0.310. The maximum atomic E-state index is 12.5. The van der Waals surface area contributed by atoms with Crippen LogP contribution in [0.3, 0.4) is 0 Å². The van der Waals surface area contributed by atoms with Gasteiger partial charge in [0.1, 0.15) is 5.75 Å². The molecule has 2 aromatic carbocycles. The lowest BCUT2D eigenvalue weighted by Gasteiger charge is -2.06. The zero-order valence-corrected chi connectivity index (χ0v) is 15.7. The van der Waals surface area contributed by atoms with Gasteiger partial charge in [0.2, 0.25) is 11.5 Å². The van der Waals surface area contributed by atoms with Crippen LogP contribution in [-0.4, -0.2) is 11.8 Å². The van der Waals surface area contributed by atoms with Crippen LogP contribution in [0.15, 0.2) is 79.6 Å². The summed E-state index contributed by atoms with van der Waals surface area (Å²) in [5, 5.41) is 0. The van der Waals surface area contributed by atoms with E-state index in [1.165, 1.54) is 17.8 Å². The lowest BCUT2D eigenvalue weighted by atomic mass is 10.1. The molecule has 4 rings (SSSR count). The van der Waals surface area contributed by atoms with E-state index in [0.29, 0.717) is 26.5 Å². The number of carbonyl (C=O) groups is 2. The van der Waals surface area contributed by atoms with Crippen LogP contribution in [0.4, 0.5) is 0 Å². The third kappa shape index (κ3) is 3.25. The Morgan fingerprint density at radius 1 is 1.04 bits per heavy atom. The van der Waals surface area contributed by atoms with E-state index in [1.54, 1.807) is 30.3 Å². The van der Waals surface area contributed by atoms with Crippen LogP contribution in [0.25, 0.3) is 6.08 Å². The molecule has 0 saturated carbocycles. The van der Waals surface area contributed by atoms with Crippen LogP contribution in [-0.2, 0) is 0 Å². The number of hydrogen-bond donors (Lipinski definition) is 0. The second-order valence-corrected chi connectivity index (χ2v) is 7.33. The number of ketones is 1. The molecule has 26 heavy (non-hydrogen) atoms. The SMILES string of the molecule is O=C(Oc1ccccc1/C=C1\Sc2ccccc2C1=O)c1ccc(Br)o1. The average Bonchev–Trinajstić information content (AvgIpc) is 3.21. The summed E-state index contributed by atoms with van der Waals surface area (Å²) in [6.45, 7) is 0. The van der Waals surface area contributed by atoms with Gasteiger partial charge in [0, 0.05) is 16.0 Å². The van der Waals surface area contributed by atoms with Crippen molar-refractivity contribution in [1.29, 1.82) is 0 Å². The van der Waals surface area contributed by atoms with E-state index in [1.807, 2.05) is 30.3 Å². The first-order chi connectivity index (χ1) is 12.6. The highest BCUT2D eigenvalue weighted by Crippen LogP contribution is 2.41. The first-order valence-corrected chi connectivity index (χ1v) is 9.32. The van der Waals surface area contributed by atoms with E-state index in [9.17, 15) is 9.59 Å². The number of esters is 1. The van der Waals surface area contributed by atoms with Crippen LogP contribution in [0, 0.1) is 0 Å². The van der Waals surface area contributed by atoms with Gasteiger partial charge in [0.25, 0.3) is 0 Å². The maximum Gasteiger partial charge on any atom is 0.379 e. The Morgan fingerprint density at radius 2 is 1.81 bits per heavy atom. The number of fused-ring (bicyclic) bond motifs is 1. The zero-order chi connectivity index (χ0) is 18.1. The lowest BCUT2D eigenvalue weighted by molar-refractivity contribution is 0.0699. The predicted octanol–water partition coefficient (Wildman–Crippen LogP) is 5.59. The molecule has 0 aliphatic carbocycles.